The fourth-order valence-electron chi connectivity index (χ4n) is 2.72. The van der Waals surface area contributed by atoms with Gasteiger partial charge in [-0.25, -0.2) is 10.2 Å². The standard InChI is InChI=1S/C24H20N4O6/c1-15-3-9-19(10-4-15)25-22(29)23(30)27-26-16(2)17-7-13-21(14-8-17)34-24(31)18-5-11-20(12-6-18)28(32)33/h3-14H,1-2H3,(H,25,29)(H,27,30). The van der Waals surface area contributed by atoms with Crippen LogP contribution in [0.1, 0.15) is 28.4 Å². The molecule has 10 nitrogen and oxygen atoms in total. The van der Waals surface area contributed by atoms with Crippen LogP contribution in [0.4, 0.5) is 11.4 Å². The number of nitrogens with one attached hydrogen (secondary N) is 2. The van der Waals surface area contributed by atoms with Gasteiger partial charge in [0.1, 0.15) is 5.75 Å². The number of hydrogen-bond donors (Lipinski definition) is 2. The number of amides is 2. The monoisotopic (exact) mass is 460 g/mol. The normalized spacial score (nSPS) is 10.8. The average Bonchev–Trinajstić information content (AvgIpc) is 2.84. The van der Waals surface area contributed by atoms with E-state index in [0.29, 0.717) is 17.0 Å². The number of nitro groups is 1. The Morgan fingerprint density at radius 1 is 0.853 bits per heavy atom. The van der Waals surface area contributed by atoms with Gasteiger partial charge in [0, 0.05) is 17.8 Å². The zero-order valence-corrected chi connectivity index (χ0v) is 18.3. The highest BCUT2D eigenvalue weighted by Crippen LogP contribution is 2.17. The first-order valence-electron chi connectivity index (χ1n) is 10.0. The van der Waals surface area contributed by atoms with Crippen LogP contribution < -0.4 is 15.5 Å². The van der Waals surface area contributed by atoms with Crippen LogP contribution in [0.2, 0.25) is 0 Å². The molecule has 0 bridgehead atoms. The van der Waals surface area contributed by atoms with E-state index < -0.39 is 22.7 Å². The van der Waals surface area contributed by atoms with E-state index in [9.17, 15) is 24.5 Å². The molecule has 0 aromatic heterocycles. The molecule has 0 aliphatic heterocycles. The van der Waals surface area contributed by atoms with Gasteiger partial charge in [0.15, 0.2) is 0 Å². The second kappa shape index (κ2) is 10.6. The number of nitro benzene ring substituents is 1. The Hall–Kier alpha value is -4.86. The minimum atomic E-state index is -0.923. The summed E-state index contributed by atoms with van der Waals surface area (Å²) < 4.78 is 5.26. The zero-order chi connectivity index (χ0) is 24.7. The largest absolute Gasteiger partial charge is 0.423 e. The molecule has 0 saturated heterocycles. The summed E-state index contributed by atoms with van der Waals surface area (Å²) in [6.07, 6.45) is 0. The van der Waals surface area contributed by atoms with Gasteiger partial charge in [-0.2, -0.15) is 5.10 Å². The summed E-state index contributed by atoms with van der Waals surface area (Å²) in [5.41, 5.74) is 4.79. The van der Waals surface area contributed by atoms with Gasteiger partial charge in [-0.1, -0.05) is 17.7 Å². The molecule has 0 saturated carbocycles. The maximum atomic E-state index is 12.2. The minimum Gasteiger partial charge on any atom is -0.423 e. The van der Waals surface area contributed by atoms with Crippen LogP contribution in [-0.4, -0.2) is 28.4 Å². The number of rotatable bonds is 6. The number of esters is 1. The number of carbonyl (C=O) groups excluding carboxylic acids is 3. The van der Waals surface area contributed by atoms with Crippen LogP contribution in [0.5, 0.6) is 5.75 Å². The predicted octanol–water partition coefficient (Wildman–Crippen LogP) is 3.60. The van der Waals surface area contributed by atoms with Gasteiger partial charge in [0.25, 0.3) is 5.69 Å². The van der Waals surface area contributed by atoms with Crippen molar-refractivity contribution in [3.05, 3.63) is 99.6 Å². The quantitative estimate of drug-likeness (QED) is 0.144. The molecule has 0 unspecified atom stereocenters. The molecule has 0 aliphatic carbocycles. The fourth-order valence-corrected chi connectivity index (χ4v) is 2.72. The van der Waals surface area contributed by atoms with Crippen molar-refractivity contribution in [3.63, 3.8) is 0 Å². The number of nitrogens with zero attached hydrogens (tertiary/aromatic N) is 2. The van der Waals surface area contributed by atoms with Gasteiger partial charge in [-0.15, -0.1) is 0 Å². The average molecular weight is 460 g/mol. The molecule has 0 aliphatic rings. The lowest BCUT2D eigenvalue weighted by Crippen LogP contribution is -2.32. The van der Waals surface area contributed by atoms with Crippen molar-refractivity contribution >= 4 is 34.9 Å². The highest BCUT2D eigenvalue weighted by Gasteiger charge is 2.14. The lowest BCUT2D eigenvalue weighted by Gasteiger charge is -2.07. The van der Waals surface area contributed by atoms with E-state index in [0.717, 1.165) is 5.56 Å². The Morgan fingerprint density at radius 2 is 1.44 bits per heavy atom. The lowest BCUT2D eigenvalue weighted by molar-refractivity contribution is -0.384. The fraction of sp³-hybridized carbons (Fsp3) is 0.0833. The SMILES string of the molecule is CC(=NNC(=O)C(=O)Nc1ccc(C)cc1)c1ccc(OC(=O)c2ccc([N+](=O)[O-])cc2)cc1. The molecule has 10 heteroatoms. The van der Waals surface area contributed by atoms with E-state index in [1.165, 1.54) is 36.4 Å². The van der Waals surface area contributed by atoms with E-state index in [-0.39, 0.29) is 17.0 Å². The molecule has 34 heavy (non-hydrogen) atoms. The molecule has 0 fully saturated rings. The summed E-state index contributed by atoms with van der Waals surface area (Å²) in [7, 11) is 0. The third-order valence-corrected chi connectivity index (χ3v) is 4.64. The number of aryl methyl sites for hydroxylation is 1. The first kappa shape index (κ1) is 23.8. The van der Waals surface area contributed by atoms with Crippen LogP contribution in [-0.2, 0) is 9.59 Å². The Balaban J connectivity index is 1.56. The van der Waals surface area contributed by atoms with Crippen LogP contribution in [0.15, 0.2) is 77.9 Å². The van der Waals surface area contributed by atoms with Gasteiger partial charge in [0.05, 0.1) is 16.2 Å². The molecule has 3 aromatic rings. The third-order valence-electron chi connectivity index (χ3n) is 4.64. The molecule has 0 radical (unpaired) electrons. The first-order chi connectivity index (χ1) is 16.2. The third kappa shape index (κ3) is 6.33. The Bertz CT molecular complexity index is 1250. The van der Waals surface area contributed by atoms with Crippen molar-refractivity contribution in [3.8, 4) is 5.75 Å². The van der Waals surface area contributed by atoms with Gasteiger partial charge in [-0.3, -0.25) is 19.7 Å². The first-order valence-corrected chi connectivity index (χ1v) is 10.0. The maximum absolute atomic E-state index is 12.2. The van der Waals surface area contributed by atoms with E-state index in [2.05, 4.69) is 15.8 Å². The van der Waals surface area contributed by atoms with E-state index >= 15 is 0 Å². The lowest BCUT2D eigenvalue weighted by atomic mass is 10.1. The molecule has 172 valence electrons. The van der Waals surface area contributed by atoms with Crippen LogP contribution in [0.25, 0.3) is 0 Å². The smallest absolute Gasteiger partial charge is 0.343 e. The number of non-ortho nitro benzene ring substituents is 1. The Kier molecular flexibility index (Phi) is 7.45. The van der Waals surface area contributed by atoms with E-state index in [4.69, 9.17) is 4.74 Å². The van der Waals surface area contributed by atoms with Crippen molar-refractivity contribution in [1.82, 2.24) is 5.43 Å². The molecule has 2 amide bonds. The number of hydrogen-bond acceptors (Lipinski definition) is 7. The Labute approximate surface area is 194 Å². The minimum absolute atomic E-state index is 0.129. The second-order valence-electron chi connectivity index (χ2n) is 7.18. The van der Waals surface area contributed by atoms with Gasteiger partial charge < -0.3 is 10.1 Å². The van der Waals surface area contributed by atoms with Crippen LogP contribution in [0.3, 0.4) is 0 Å². The van der Waals surface area contributed by atoms with Gasteiger partial charge in [-0.05, 0) is 67.9 Å². The van der Waals surface area contributed by atoms with Crippen molar-refractivity contribution < 1.29 is 24.0 Å². The summed E-state index contributed by atoms with van der Waals surface area (Å²) in [4.78, 5) is 46.3. The molecule has 0 heterocycles. The summed E-state index contributed by atoms with van der Waals surface area (Å²) in [5, 5.41) is 17.1. The molecule has 0 atom stereocenters. The summed E-state index contributed by atoms with van der Waals surface area (Å²) >= 11 is 0. The van der Waals surface area contributed by atoms with E-state index in [1.54, 1.807) is 31.2 Å². The number of anilines is 1. The maximum Gasteiger partial charge on any atom is 0.343 e. The molecule has 0 spiro atoms. The molecular weight excluding hydrogens is 440 g/mol. The predicted molar refractivity (Wildman–Crippen MR) is 125 cm³/mol. The highest BCUT2D eigenvalue weighted by atomic mass is 16.6. The number of carbonyl (C=O) groups is 3. The molecule has 3 aromatic carbocycles. The summed E-state index contributed by atoms with van der Waals surface area (Å²) in [6.45, 7) is 3.54. The van der Waals surface area contributed by atoms with E-state index in [1.807, 2.05) is 19.1 Å². The van der Waals surface area contributed by atoms with Crippen molar-refractivity contribution in [2.24, 2.45) is 5.10 Å². The zero-order valence-electron chi connectivity index (χ0n) is 18.3. The van der Waals surface area contributed by atoms with Crippen molar-refractivity contribution in [2.75, 3.05) is 5.32 Å². The van der Waals surface area contributed by atoms with Crippen molar-refractivity contribution in [1.29, 1.82) is 0 Å². The van der Waals surface area contributed by atoms with Crippen LogP contribution in [0, 0.1) is 17.0 Å². The molecule has 2 N–H and O–H groups in total. The molecule has 3 rings (SSSR count). The number of hydrazone groups is 1. The molecular formula is C24H20N4O6. The van der Waals surface area contributed by atoms with Crippen LogP contribution >= 0.6 is 0 Å². The summed E-state index contributed by atoms with van der Waals surface area (Å²) in [6, 6.07) is 18.3. The highest BCUT2D eigenvalue weighted by molar-refractivity contribution is 6.39. The Morgan fingerprint density at radius 3 is 2.03 bits per heavy atom. The van der Waals surface area contributed by atoms with Gasteiger partial charge >= 0.3 is 17.8 Å². The number of benzene rings is 3. The van der Waals surface area contributed by atoms with Crippen molar-refractivity contribution in [2.45, 2.75) is 13.8 Å². The summed E-state index contributed by atoms with van der Waals surface area (Å²) in [5.74, 6) is -2.19. The number of ether oxygens (including phenoxy) is 1. The topological polar surface area (TPSA) is 140 Å². The van der Waals surface area contributed by atoms with Gasteiger partial charge in [0.2, 0.25) is 0 Å². The second-order valence-corrected chi connectivity index (χ2v) is 7.18.